The van der Waals surface area contributed by atoms with E-state index in [0.29, 0.717) is 66.0 Å². The topological polar surface area (TPSA) is 89.5 Å². The molecule has 0 aliphatic carbocycles. The summed E-state index contributed by atoms with van der Waals surface area (Å²) in [6, 6.07) is 34.6. The maximum absolute atomic E-state index is 16.7. The Morgan fingerprint density at radius 3 is 1.21 bits per heavy atom. The van der Waals surface area contributed by atoms with Gasteiger partial charge in [0.15, 0.2) is 37.3 Å². The maximum atomic E-state index is 16.7. The Kier molecular flexibility index (Phi) is 9.61. The second kappa shape index (κ2) is 14.1. The lowest BCUT2D eigenvalue weighted by Crippen LogP contribution is -2.30. The summed E-state index contributed by atoms with van der Waals surface area (Å²) in [7, 11) is -4.47. The maximum Gasteiger partial charge on any atom is 0.246 e. The van der Waals surface area contributed by atoms with Crippen molar-refractivity contribution in [3.8, 4) is 45.6 Å². The Morgan fingerprint density at radius 1 is 0.448 bits per heavy atom. The van der Waals surface area contributed by atoms with E-state index in [2.05, 4.69) is 0 Å². The number of hydrogen-bond acceptors (Lipinski definition) is 8. The molecular formula is C48H48O8P2. The summed E-state index contributed by atoms with van der Waals surface area (Å²) in [5.41, 5.74) is 4.99. The average Bonchev–Trinajstić information content (AvgIpc) is 3.71. The van der Waals surface area contributed by atoms with Gasteiger partial charge in [-0.25, -0.2) is 0 Å². The molecule has 6 aromatic rings. The quantitative estimate of drug-likeness (QED) is 0.134. The first-order chi connectivity index (χ1) is 27.5. The van der Waals surface area contributed by atoms with E-state index in [4.69, 9.17) is 28.4 Å². The molecule has 0 amide bonds. The first-order valence-electron chi connectivity index (χ1n) is 19.3. The van der Waals surface area contributed by atoms with Gasteiger partial charge in [-0.05, 0) is 39.8 Å². The van der Waals surface area contributed by atoms with E-state index in [1.807, 2.05) is 145 Å². The van der Waals surface area contributed by atoms with Crippen LogP contribution < -0.4 is 60.2 Å². The second-order valence-electron chi connectivity index (χ2n) is 16.0. The fourth-order valence-corrected chi connectivity index (χ4v) is 13.4. The normalized spacial score (nSPS) is 15.0. The highest BCUT2D eigenvalue weighted by Crippen LogP contribution is 2.62. The largest absolute Gasteiger partial charge is 0.493 e. The SMILES string of the molecule is COc1cc(P(=O)(c2ccc(C)cc2)c2ccc(C)cc2)c(-c2cc(P(=O)(c3ccc(C)cc3)c3ccc(C)cc3)c(OC)c3c2OC(C)(C)O3)c2c1OC(C)(C)O2. The molecule has 0 fully saturated rings. The predicted molar refractivity (Wildman–Crippen MR) is 233 cm³/mol. The van der Waals surface area contributed by atoms with Gasteiger partial charge in [-0.2, -0.15) is 0 Å². The van der Waals surface area contributed by atoms with Crippen LogP contribution in [0.3, 0.4) is 0 Å². The van der Waals surface area contributed by atoms with Crippen LogP contribution in [0.1, 0.15) is 49.9 Å². The van der Waals surface area contributed by atoms with E-state index in [9.17, 15) is 0 Å². The van der Waals surface area contributed by atoms with Gasteiger partial charge in [0.25, 0.3) is 0 Å². The molecule has 0 bridgehead atoms. The van der Waals surface area contributed by atoms with Crippen LogP contribution in [0, 0.1) is 27.7 Å². The summed E-state index contributed by atoms with van der Waals surface area (Å²) in [5, 5.41) is 3.23. The molecule has 0 unspecified atom stereocenters. The first-order valence-corrected chi connectivity index (χ1v) is 22.7. The van der Waals surface area contributed by atoms with Gasteiger partial charge in [-0.1, -0.05) is 119 Å². The number of fused-ring (bicyclic) bond motifs is 2. The minimum absolute atomic E-state index is 0.272. The van der Waals surface area contributed by atoms with Crippen LogP contribution in [0.25, 0.3) is 11.1 Å². The van der Waals surface area contributed by atoms with Gasteiger partial charge in [-0.15, -0.1) is 0 Å². The van der Waals surface area contributed by atoms with Crippen molar-refractivity contribution < 1.29 is 37.6 Å². The zero-order chi connectivity index (χ0) is 41.4. The van der Waals surface area contributed by atoms with E-state index in [1.54, 1.807) is 34.1 Å². The van der Waals surface area contributed by atoms with Crippen LogP contribution >= 0.6 is 14.3 Å². The van der Waals surface area contributed by atoms with Crippen LogP contribution in [0.15, 0.2) is 109 Å². The minimum atomic E-state index is -3.80. The van der Waals surface area contributed by atoms with Crippen molar-refractivity contribution in [2.24, 2.45) is 0 Å². The Hall–Kier alpha value is -5.42. The molecule has 2 aliphatic rings. The monoisotopic (exact) mass is 814 g/mol. The average molecular weight is 815 g/mol. The molecule has 0 radical (unpaired) electrons. The smallest absolute Gasteiger partial charge is 0.246 e. The highest BCUT2D eigenvalue weighted by Gasteiger charge is 2.47. The van der Waals surface area contributed by atoms with Gasteiger partial charge < -0.3 is 37.6 Å². The minimum Gasteiger partial charge on any atom is -0.493 e. The van der Waals surface area contributed by atoms with E-state index >= 15 is 9.13 Å². The lowest BCUT2D eigenvalue weighted by Gasteiger charge is -2.27. The van der Waals surface area contributed by atoms with Gasteiger partial charge in [0.2, 0.25) is 23.1 Å². The van der Waals surface area contributed by atoms with Crippen molar-refractivity contribution in [3.63, 3.8) is 0 Å². The molecule has 2 aliphatic heterocycles. The molecule has 8 nitrogen and oxygen atoms in total. The molecule has 58 heavy (non-hydrogen) atoms. The highest BCUT2D eigenvalue weighted by atomic mass is 31.2. The second-order valence-corrected chi connectivity index (χ2v) is 21.5. The van der Waals surface area contributed by atoms with Crippen LogP contribution in [-0.2, 0) is 9.13 Å². The van der Waals surface area contributed by atoms with Crippen molar-refractivity contribution in [1.29, 1.82) is 0 Å². The van der Waals surface area contributed by atoms with Gasteiger partial charge in [0.05, 0.1) is 19.5 Å². The summed E-state index contributed by atoms with van der Waals surface area (Å²) >= 11 is 0. The summed E-state index contributed by atoms with van der Waals surface area (Å²) in [6.07, 6.45) is 0. The lowest BCUT2D eigenvalue weighted by molar-refractivity contribution is -0.0449. The fourth-order valence-electron chi connectivity index (χ4n) is 7.78. The molecule has 10 heteroatoms. The van der Waals surface area contributed by atoms with Crippen molar-refractivity contribution in [2.75, 3.05) is 14.2 Å². The number of aryl methyl sites for hydroxylation is 4. The van der Waals surface area contributed by atoms with E-state index in [0.717, 1.165) is 22.3 Å². The zero-order valence-corrected chi connectivity index (χ0v) is 36.3. The van der Waals surface area contributed by atoms with Gasteiger partial charge in [0.1, 0.15) is 0 Å². The Morgan fingerprint density at radius 2 is 0.810 bits per heavy atom. The number of rotatable bonds is 9. The molecular weight excluding hydrogens is 766 g/mol. The van der Waals surface area contributed by atoms with Gasteiger partial charge >= 0.3 is 0 Å². The third-order valence-electron chi connectivity index (χ3n) is 10.7. The highest BCUT2D eigenvalue weighted by molar-refractivity contribution is 7.86. The number of benzene rings is 6. The first kappa shape index (κ1) is 39.4. The third kappa shape index (κ3) is 6.47. The molecule has 6 aromatic carbocycles. The van der Waals surface area contributed by atoms with E-state index < -0.39 is 25.9 Å². The standard InChI is InChI=1S/C48H48O8P2/c1-29-11-19-33(20-12-29)57(49,34-21-13-30(2)14-22-34)39-28-38(51-9)43-45(55-48(7,8)54-43)41(39)37-27-40(44(52-10)46-42(37)53-47(5,6)56-46)58(50,35-23-15-31(3)16-24-35)36-25-17-32(4)18-26-36/h11-28H,1-10H3. The molecule has 298 valence electrons. The predicted octanol–water partition coefficient (Wildman–Crippen LogP) is 8.90. The number of hydrogen-bond donors (Lipinski definition) is 0. The number of ether oxygens (including phenoxy) is 6. The molecule has 0 saturated heterocycles. The van der Waals surface area contributed by atoms with Crippen LogP contribution in [0.4, 0.5) is 0 Å². The van der Waals surface area contributed by atoms with Crippen molar-refractivity contribution in [2.45, 2.75) is 67.0 Å². The summed E-state index contributed by atoms with van der Waals surface area (Å²) in [6.45, 7) is 15.2. The fraction of sp³-hybridized carbons (Fsp3) is 0.250. The Bertz CT molecular complexity index is 2560. The molecule has 0 N–H and O–H groups in total. The third-order valence-corrected chi connectivity index (χ3v) is 16.8. The summed E-state index contributed by atoms with van der Waals surface area (Å²) in [5.74, 6) is -0.412. The molecule has 0 aromatic heterocycles. The Labute approximate surface area is 340 Å². The van der Waals surface area contributed by atoms with Crippen molar-refractivity contribution in [1.82, 2.24) is 0 Å². The van der Waals surface area contributed by atoms with Crippen LogP contribution in [0.5, 0.6) is 34.5 Å². The van der Waals surface area contributed by atoms with Gasteiger partial charge in [0, 0.05) is 65.3 Å². The van der Waals surface area contributed by atoms with Crippen molar-refractivity contribution >= 4 is 46.1 Å². The summed E-state index contributed by atoms with van der Waals surface area (Å²) in [4.78, 5) is 0. The number of methoxy groups -OCH3 is 2. The van der Waals surface area contributed by atoms with Crippen LogP contribution in [0.2, 0.25) is 0 Å². The molecule has 0 spiro atoms. The van der Waals surface area contributed by atoms with E-state index in [1.165, 1.54) is 0 Å². The Balaban J connectivity index is 1.56. The van der Waals surface area contributed by atoms with Gasteiger partial charge in [-0.3, -0.25) is 0 Å². The molecule has 0 saturated carbocycles. The lowest BCUT2D eigenvalue weighted by atomic mass is 10.0. The van der Waals surface area contributed by atoms with Crippen molar-refractivity contribution in [3.05, 3.63) is 131 Å². The molecule has 8 rings (SSSR count). The van der Waals surface area contributed by atoms with E-state index in [-0.39, 0.29) is 11.5 Å². The molecule has 0 atom stereocenters. The molecule has 2 heterocycles. The zero-order valence-electron chi connectivity index (χ0n) is 34.6. The van der Waals surface area contributed by atoms with Crippen LogP contribution in [-0.4, -0.2) is 25.8 Å². The summed E-state index contributed by atoms with van der Waals surface area (Å²) < 4.78 is 71.9.